The molecular weight excluding hydrogens is 390 g/mol. The van der Waals surface area contributed by atoms with Gasteiger partial charge in [-0.3, -0.25) is 9.59 Å². The normalized spacial score (nSPS) is 25.4. The lowest BCUT2D eigenvalue weighted by atomic mass is 9.86. The maximum absolute atomic E-state index is 13.8. The quantitative estimate of drug-likeness (QED) is 0.797. The van der Waals surface area contributed by atoms with Crippen molar-refractivity contribution >= 4 is 11.8 Å². The highest BCUT2D eigenvalue weighted by Gasteiger charge is 2.46. The predicted octanol–water partition coefficient (Wildman–Crippen LogP) is 3.39. The molecule has 162 valence electrons. The third-order valence-electron chi connectivity index (χ3n) is 6.93. The van der Waals surface area contributed by atoms with Gasteiger partial charge < -0.3 is 20.0 Å². The Kier molecular flexibility index (Phi) is 5.30. The minimum Gasteiger partial charge on any atom is -0.469 e. The zero-order valence-electron chi connectivity index (χ0n) is 17.9. The number of hydrogen-bond acceptors (Lipinski definition) is 4. The van der Waals surface area contributed by atoms with Crippen LogP contribution in [-0.2, 0) is 16.0 Å². The molecule has 1 fully saturated rings. The fourth-order valence-electron chi connectivity index (χ4n) is 5.42. The number of rotatable bonds is 4. The van der Waals surface area contributed by atoms with Crippen molar-refractivity contribution in [2.45, 2.75) is 63.6 Å². The summed E-state index contributed by atoms with van der Waals surface area (Å²) in [5.41, 5.74) is 3.79. The summed E-state index contributed by atoms with van der Waals surface area (Å²) >= 11 is 0. The second-order valence-electron chi connectivity index (χ2n) is 8.82. The van der Waals surface area contributed by atoms with Gasteiger partial charge in [0.2, 0.25) is 5.91 Å². The predicted molar refractivity (Wildman–Crippen MR) is 117 cm³/mol. The monoisotopic (exact) mass is 419 g/mol. The van der Waals surface area contributed by atoms with Gasteiger partial charge in [0.25, 0.3) is 5.91 Å². The van der Waals surface area contributed by atoms with E-state index in [1.54, 1.807) is 6.26 Å². The highest BCUT2D eigenvalue weighted by Crippen LogP contribution is 2.41. The van der Waals surface area contributed by atoms with Gasteiger partial charge in [-0.25, -0.2) is 0 Å². The van der Waals surface area contributed by atoms with E-state index in [-0.39, 0.29) is 29.9 Å². The smallest absolute Gasteiger partial charge is 0.251 e. The molecule has 0 unspecified atom stereocenters. The summed E-state index contributed by atoms with van der Waals surface area (Å²) in [7, 11) is 0. The number of hydrogen-bond donors (Lipinski definition) is 2. The van der Waals surface area contributed by atoms with Crippen molar-refractivity contribution in [2.24, 2.45) is 0 Å². The summed E-state index contributed by atoms with van der Waals surface area (Å²) in [6, 6.07) is 11.8. The number of nitrogens with zero attached hydrogens (tertiary/aromatic N) is 1. The van der Waals surface area contributed by atoms with Crippen LogP contribution in [0, 0.1) is 6.92 Å². The Morgan fingerprint density at radius 1 is 1.16 bits per heavy atom. The molecule has 3 aliphatic rings. The SMILES string of the molecule is Cc1ccccc1[C@@H]1C2=C(CNC2=O)N[C@@H]2CCCC[C@H]2N1C(=O)CCc1ccco1. The van der Waals surface area contributed by atoms with Gasteiger partial charge in [-0.1, -0.05) is 37.1 Å². The molecule has 6 heteroatoms. The molecule has 0 radical (unpaired) electrons. The summed E-state index contributed by atoms with van der Waals surface area (Å²) in [6.07, 6.45) is 6.77. The number of amides is 2. The van der Waals surface area contributed by atoms with Crippen LogP contribution in [0.2, 0.25) is 0 Å². The average Bonchev–Trinajstić information content (AvgIpc) is 3.39. The second-order valence-corrected chi connectivity index (χ2v) is 8.82. The molecular formula is C25H29N3O3. The first-order valence-corrected chi connectivity index (χ1v) is 11.3. The van der Waals surface area contributed by atoms with Crippen LogP contribution in [-0.4, -0.2) is 35.3 Å². The minimum absolute atomic E-state index is 0.0702. The van der Waals surface area contributed by atoms with Gasteiger partial charge in [-0.15, -0.1) is 0 Å². The Hall–Kier alpha value is -3.02. The van der Waals surface area contributed by atoms with E-state index in [0.717, 1.165) is 48.3 Å². The third-order valence-corrected chi connectivity index (χ3v) is 6.93. The molecule has 1 aromatic carbocycles. The van der Waals surface area contributed by atoms with Gasteiger partial charge in [0.05, 0.1) is 30.5 Å². The van der Waals surface area contributed by atoms with E-state index in [9.17, 15) is 9.59 Å². The first-order chi connectivity index (χ1) is 15.1. The molecule has 3 heterocycles. The van der Waals surface area contributed by atoms with Gasteiger partial charge >= 0.3 is 0 Å². The molecule has 1 saturated carbocycles. The first kappa shape index (κ1) is 19.9. The zero-order chi connectivity index (χ0) is 21.4. The summed E-state index contributed by atoms with van der Waals surface area (Å²) in [4.78, 5) is 28.8. The Labute approximate surface area is 182 Å². The maximum Gasteiger partial charge on any atom is 0.251 e. The third kappa shape index (κ3) is 3.64. The van der Waals surface area contributed by atoms with Crippen LogP contribution >= 0.6 is 0 Å². The Morgan fingerprint density at radius 3 is 2.81 bits per heavy atom. The molecule has 3 atom stereocenters. The molecule has 2 amide bonds. The number of carbonyl (C=O) groups is 2. The molecule has 1 aromatic heterocycles. The van der Waals surface area contributed by atoms with Crippen LogP contribution in [0.15, 0.2) is 58.3 Å². The molecule has 1 aliphatic carbocycles. The molecule has 6 nitrogen and oxygen atoms in total. The van der Waals surface area contributed by atoms with Crippen molar-refractivity contribution in [2.75, 3.05) is 6.54 Å². The van der Waals surface area contributed by atoms with Crippen LogP contribution in [0.1, 0.15) is 55.0 Å². The summed E-state index contributed by atoms with van der Waals surface area (Å²) in [6.45, 7) is 2.57. The van der Waals surface area contributed by atoms with Crippen molar-refractivity contribution in [1.29, 1.82) is 0 Å². The Morgan fingerprint density at radius 2 is 2.00 bits per heavy atom. The van der Waals surface area contributed by atoms with Crippen molar-refractivity contribution < 1.29 is 14.0 Å². The Balaban J connectivity index is 1.59. The standard InChI is InChI=1S/C25H29N3O3/c1-16-7-2-3-9-18(16)24-23-20(15-26-25(23)30)27-19-10-4-5-11-21(19)28(24)22(29)13-12-17-8-6-14-31-17/h2-3,6-9,14,19,21,24,27H,4-5,10-13,15H2,1H3,(H,26,30)/t19-,21-,24-/m1/s1. The summed E-state index contributed by atoms with van der Waals surface area (Å²) < 4.78 is 5.46. The highest BCUT2D eigenvalue weighted by atomic mass is 16.3. The van der Waals surface area contributed by atoms with Crippen molar-refractivity contribution in [3.05, 3.63) is 70.8 Å². The number of aryl methyl sites for hydroxylation is 2. The highest BCUT2D eigenvalue weighted by molar-refractivity contribution is 5.99. The van der Waals surface area contributed by atoms with Gasteiger partial charge in [0, 0.05) is 24.6 Å². The molecule has 0 saturated heterocycles. The van der Waals surface area contributed by atoms with Crippen LogP contribution in [0.4, 0.5) is 0 Å². The van der Waals surface area contributed by atoms with Crippen LogP contribution in [0.3, 0.4) is 0 Å². The van der Waals surface area contributed by atoms with Crippen LogP contribution in [0.25, 0.3) is 0 Å². The first-order valence-electron chi connectivity index (χ1n) is 11.3. The lowest BCUT2D eigenvalue weighted by Crippen LogP contribution is -2.53. The lowest BCUT2D eigenvalue weighted by molar-refractivity contribution is -0.137. The topological polar surface area (TPSA) is 74.6 Å². The van der Waals surface area contributed by atoms with E-state index < -0.39 is 0 Å². The van der Waals surface area contributed by atoms with E-state index in [1.165, 1.54) is 0 Å². The largest absolute Gasteiger partial charge is 0.469 e. The average molecular weight is 420 g/mol. The number of nitrogens with one attached hydrogen (secondary N) is 2. The molecule has 0 bridgehead atoms. The number of carbonyl (C=O) groups excluding carboxylic acids is 2. The Bertz CT molecular complexity index is 1010. The zero-order valence-corrected chi connectivity index (χ0v) is 17.9. The van der Waals surface area contributed by atoms with Crippen molar-refractivity contribution in [1.82, 2.24) is 15.5 Å². The second kappa shape index (κ2) is 8.25. The van der Waals surface area contributed by atoms with Crippen molar-refractivity contribution in [3.63, 3.8) is 0 Å². The minimum atomic E-state index is -0.372. The number of fused-ring (bicyclic) bond motifs is 1. The van der Waals surface area contributed by atoms with Gasteiger partial charge in [0.1, 0.15) is 5.76 Å². The summed E-state index contributed by atoms with van der Waals surface area (Å²) in [5.74, 6) is 0.822. The molecule has 2 aliphatic heterocycles. The lowest BCUT2D eigenvalue weighted by Gasteiger charge is -2.43. The van der Waals surface area contributed by atoms with E-state index in [0.29, 0.717) is 25.0 Å². The number of furan rings is 1. The molecule has 5 rings (SSSR count). The molecule has 31 heavy (non-hydrogen) atoms. The van der Waals surface area contributed by atoms with E-state index in [1.807, 2.05) is 29.2 Å². The van der Waals surface area contributed by atoms with Crippen molar-refractivity contribution in [3.8, 4) is 0 Å². The van der Waals surface area contributed by atoms with Gasteiger partial charge in [-0.05, 0) is 43.0 Å². The maximum atomic E-state index is 13.8. The van der Waals surface area contributed by atoms with Gasteiger partial charge in [0.15, 0.2) is 0 Å². The van der Waals surface area contributed by atoms with E-state index in [2.05, 4.69) is 29.7 Å². The molecule has 2 aromatic rings. The molecule has 2 N–H and O–H groups in total. The van der Waals surface area contributed by atoms with Gasteiger partial charge in [-0.2, -0.15) is 0 Å². The van der Waals surface area contributed by atoms with Crippen LogP contribution < -0.4 is 10.6 Å². The van der Waals surface area contributed by atoms with E-state index >= 15 is 0 Å². The van der Waals surface area contributed by atoms with Crippen LogP contribution in [0.5, 0.6) is 0 Å². The number of benzene rings is 1. The van der Waals surface area contributed by atoms with E-state index in [4.69, 9.17) is 4.42 Å². The molecule has 0 spiro atoms. The fourth-order valence-corrected chi connectivity index (χ4v) is 5.42. The summed E-state index contributed by atoms with van der Waals surface area (Å²) in [5, 5.41) is 6.66. The fraction of sp³-hybridized carbons (Fsp3) is 0.440.